The molecule has 1 N–H and O–H groups in total. The summed E-state index contributed by atoms with van der Waals surface area (Å²) in [5, 5.41) is 14.5. The van der Waals surface area contributed by atoms with Crippen molar-refractivity contribution >= 4 is 59.5 Å². The second-order valence-electron chi connectivity index (χ2n) is 11.8. The lowest BCUT2D eigenvalue weighted by atomic mass is 9.67. The second-order valence-corrected chi connectivity index (χ2v) is 13.7. The third kappa shape index (κ3) is 4.76. The summed E-state index contributed by atoms with van der Waals surface area (Å²) in [4.78, 5) is 0. The molecule has 4 heteroatoms. The summed E-state index contributed by atoms with van der Waals surface area (Å²) in [6.07, 6.45) is 1.85. The van der Waals surface area contributed by atoms with Crippen molar-refractivity contribution < 1.29 is 9.84 Å². The number of fused-ring (bicyclic) bond motifs is 5. The minimum atomic E-state index is -0.578. The molecule has 0 saturated carbocycles. The van der Waals surface area contributed by atoms with Crippen LogP contribution in [0.25, 0.3) is 38.7 Å². The molecule has 0 aliphatic heterocycles. The zero-order valence-corrected chi connectivity index (χ0v) is 28.0. The maximum atomic E-state index is 10.2. The highest BCUT2D eigenvalue weighted by molar-refractivity contribution is 9.10. The quantitative estimate of drug-likeness (QED) is 0.185. The smallest absolute Gasteiger partial charge is 0.120 e. The Labute approximate surface area is 284 Å². The van der Waals surface area contributed by atoms with Crippen molar-refractivity contribution in [3.05, 3.63) is 182 Å². The number of hydrogen-bond acceptors (Lipinski definition) is 2. The highest BCUT2D eigenvalue weighted by Gasteiger charge is 2.46. The van der Waals surface area contributed by atoms with E-state index >= 15 is 0 Å². The monoisotopic (exact) mass is 722 g/mol. The van der Waals surface area contributed by atoms with E-state index in [-0.39, 0.29) is 5.75 Å². The molecular formula is C42H28Br2O2. The van der Waals surface area contributed by atoms with Gasteiger partial charge in [0, 0.05) is 8.95 Å². The molecule has 0 radical (unpaired) electrons. The first-order valence-electron chi connectivity index (χ1n) is 15.1. The van der Waals surface area contributed by atoms with E-state index in [4.69, 9.17) is 4.74 Å². The highest BCUT2D eigenvalue weighted by atomic mass is 79.9. The van der Waals surface area contributed by atoms with Crippen LogP contribution in [-0.4, -0.2) is 5.11 Å². The van der Waals surface area contributed by atoms with Gasteiger partial charge in [-0.05, 0) is 127 Å². The molecule has 1 aliphatic carbocycles. The van der Waals surface area contributed by atoms with Gasteiger partial charge in [0.2, 0.25) is 0 Å². The van der Waals surface area contributed by atoms with Crippen molar-refractivity contribution in [2.45, 2.75) is 12.0 Å². The van der Waals surface area contributed by atoms with Crippen LogP contribution in [-0.2, 0) is 12.0 Å². The van der Waals surface area contributed by atoms with Gasteiger partial charge in [0.05, 0.1) is 5.41 Å². The molecule has 0 heterocycles. The molecule has 0 fully saturated rings. The van der Waals surface area contributed by atoms with E-state index in [2.05, 4.69) is 154 Å². The molecule has 1 aliphatic rings. The van der Waals surface area contributed by atoms with E-state index in [0.717, 1.165) is 47.4 Å². The minimum Gasteiger partial charge on any atom is -0.508 e. The van der Waals surface area contributed by atoms with Gasteiger partial charge in [-0.25, -0.2) is 0 Å². The lowest BCUT2D eigenvalue weighted by molar-refractivity contribution is 0.306. The fourth-order valence-electron chi connectivity index (χ4n) is 6.99. The summed E-state index contributed by atoms with van der Waals surface area (Å²) in [7, 11) is 0. The maximum absolute atomic E-state index is 10.2. The number of phenolic OH excluding ortho intramolecular Hbond substituents is 1. The molecule has 0 aromatic heterocycles. The van der Waals surface area contributed by atoms with Gasteiger partial charge in [-0.15, -0.1) is 0 Å². The molecule has 46 heavy (non-hydrogen) atoms. The van der Waals surface area contributed by atoms with Crippen molar-refractivity contribution in [3.63, 3.8) is 0 Å². The summed E-state index contributed by atoms with van der Waals surface area (Å²) in [5.74, 6) is 1.10. The number of hydrogen-bond donors (Lipinski definition) is 1. The molecule has 222 valence electrons. The zero-order valence-electron chi connectivity index (χ0n) is 24.8. The van der Waals surface area contributed by atoms with Crippen LogP contribution in [0.5, 0.6) is 11.5 Å². The largest absolute Gasteiger partial charge is 0.508 e. The Morgan fingerprint density at radius 3 is 1.74 bits per heavy atom. The van der Waals surface area contributed by atoms with Crippen molar-refractivity contribution in [2.75, 3.05) is 0 Å². The predicted molar refractivity (Wildman–Crippen MR) is 197 cm³/mol. The molecule has 2 nitrogen and oxygen atoms in total. The van der Waals surface area contributed by atoms with Gasteiger partial charge in [0.1, 0.15) is 18.1 Å². The summed E-state index contributed by atoms with van der Waals surface area (Å²) in [5.41, 5.74) is 8.90. The Kier molecular flexibility index (Phi) is 7.08. The summed E-state index contributed by atoms with van der Waals surface area (Å²) in [6, 6.07) is 46.8. The normalized spacial score (nSPS) is 13.0. The van der Waals surface area contributed by atoms with E-state index in [9.17, 15) is 5.11 Å². The van der Waals surface area contributed by atoms with Crippen LogP contribution in [0.2, 0.25) is 0 Å². The van der Waals surface area contributed by atoms with Gasteiger partial charge in [-0.2, -0.15) is 0 Å². The SMILES string of the molecule is C=Cc1ccc(COc2ccc3cc(C4(c5ccc6cc(O)ccc6c5)c5cc(Br)ccc5-c5ccc(Br)cc54)ccc3c2)cc1. The first-order chi connectivity index (χ1) is 22.4. The Morgan fingerprint density at radius 1 is 0.587 bits per heavy atom. The van der Waals surface area contributed by atoms with Crippen LogP contribution < -0.4 is 4.74 Å². The van der Waals surface area contributed by atoms with Crippen LogP contribution in [0.3, 0.4) is 0 Å². The van der Waals surface area contributed by atoms with E-state index in [0.29, 0.717) is 6.61 Å². The van der Waals surface area contributed by atoms with E-state index < -0.39 is 5.41 Å². The fourth-order valence-corrected chi connectivity index (χ4v) is 7.71. The molecule has 0 bridgehead atoms. The fraction of sp³-hybridized carbons (Fsp3) is 0.0476. The number of halogens is 2. The van der Waals surface area contributed by atoms with Crippen LogP contribution >= 0.6 is 31.9 Å². The molecule has 7 aromatic carbocycles. The summed E-state index contributed by atoms with van der Waals surface area (Å²) < 4.78 is 8.28. The molecule has 7 aromatic rings. The Balaban J connectivity index is 1.30. The minimum absolute atomic E-state index is 0.267. The Bertz CT molecular complexity index is 2270. The van der Waals surface area contributed by atoms with Crippen molar-refractivity contribution in [2.24, 2.45) is 0 Å². The maximum Gasteiger partial charge on any atom is 0.120 e. The van der Waals surface area contributed by atoms with Crippen LogP contribution in [0, 0.1) is 0 Å². The Morgan fingerprint density at radius 2 is 1.13 bits per heavy atom. The van der Waals surface area contributed by atoms with Gasteiger partial charge in [-0.3, -0.25) is 0 Å². The van der Waals surface area contributed by atoms with E-state index in [1.165, 1.54) is 33.4 Å². The van der Waals surface area contributed by atoms with Crippen molar-refractivity contribution in [3.8, 4) is 22.6 Å². The van der Waals surface area contributed by atoms with Crippen LogP contribution in [0.1, 0.15) is 33.4 Å². The van der Waals surface area contributed by atoms with E-state index in [1.807, 2.05) is 18.2 Å². The topological polar surface area (TPSA) is 29.5 Å². The number of aromatic hydroxyl groups is 1. The number of ether oxygens (including phenoxy) is 1. The van der Waals surface area contributed by atoms with Crippen molar-refractivity contribution in [1.29, 1.82) is 0 Å². The lowest BCUT2D eigenvalue weighted by Gasteiger charge is -2.34. The first kappa shape index (κ1) is 28.8. The third-order valence-corrected chi connectivity index (χ3v) is 10.2. The molecule has 0 saturated heterocycles. The molecule has 0 spiro atoms. The summed E-state index contributed by atoms with van der Waals surface area (Å²) in [6.45, 7) is 4.34. The van der Waals surface area contributed by atoms with Crippen LogP contribution in [0.15, 0.2) is 149 Å². The lowest BCUT2D eigenvalue weighted by Crippen LogP contribution is -2.28. The predicted octanol–water partition coefficient (Wildman–Crippen LogP) is 11.8. The number of benzene rings is 7. The van der Waals surface area contributed by atoms with E-state index in [1.54, 1.807) is 6.07 Å². The third-order valence-electron chi connectivity index (χ3n) is 9.18. The molecule has 0 unspecified atom stereocenters. The molecule has 8 rings (SSSR count). The molecule has 0 amide bonds. The van der Waals surface area contributed by atoms with Crippen molar-refractivity contribution in [1.82, 2.24) is 0 Å². The van der Waals surface area contributed by atoms with Crippen LogP contribution in [0.4, 0.5) is 0 Å². The average Bonchev–Trinajstić information content (AvgIpc) is 3.36. The Hall–Kier alpha value is -4.64. The standard InChI is InChI=1S/C42H28Br2O2/c1-2-26-3-5-27(6-4-26)25-46-37-16-10-29-20-33(12-8-31(29)22-37)42(32-11-7-30-21-36(45)15-9-28(30)19-32)40-23-34(43)13-17-38(40)39-18-14-35(44)24-41(39)42/h2-24,45H,1,25H2. The first-order valence-corrected chi connectivity index (χ1v) is 16.7. The molecule has 0 atom stereocenters. The van der Waals surface area contributed by atoms with Gasteiger partial charge in [0.25, 0.3) is 0 Å². The molecular weight excluding hydrogens is 696 g/mol. The summed E-state index contributed by atoms with van der Waals surface area (Å²) >= 11 is 7.60. The number of rotatable bonds is 6. The van der Waals surface area contributed by atoms with Gasteiger partial charge < -0.3 is 9.84 Å². The second kappa shape index (κ2) is 11.3. The van der Waals surface area contributed by atoms with Gasteiger partial charge in [-0.1, -0.05) is 117 Å². The number of phenols is 1. The highest BCUT2D eigenvalue weighted by Crippen LogP contribution is 2.57. The van der Waals surface area contributed by atoms with Gasteiger partial charge in [0.15, 0.2) is 0 Å². The zero-order chi connectivity index (χ0) is 31.4. The average molecular weight is 724 g/mol. The van der Waals surface area contributed by atoms with Gasteiger partial charge >= 0.3 is 0 Å².